The summed E-state index contributed by atoms with van der Waals surface area (Å²) in [5.41, 5.74) is 1.98. The number of anilines is 1. The van der Waals surface area contributed by atoms with Crippen LogP contribution < -0.4 is 14.8 Å². The number of hydrogen-bond donors (Lipinski definition) is 1. The van der Waals surface area contributed by atoms with Crippen LogP contribution in [0, 0.1) is 13.8 Å². The molecule has 1 aromatic carbocycles. The molecule has 3 aromatic rings. The average Bonchev–Trinajstić information content (AvgIpc) is 3.03. The smallest absolute Gasteiger partial charge is 0.254 e. The number of methoxy groups -OCH3 is 1. The second-order valence-electron chi connectivity index (χ2n) is 5.63. The number of nitrogens with zero attached hydrogens (tertiary/aromatic N) is 4. The lowest BCUT2D eigenvalue weighted by Crippen LogP contribution is -2.24. The van der Waals surface area contributed by atoms with Crippen molar-refractivity contribution in [2.24, 2.45) is 0 Å². The summed E-state index contributed by atoms with van der Waals surface area (Å²) in [5, 5.41) is 7.62. The van der Waals surface area contributed by atoms with E-state index >= 15 is 0 Å². The molecular weight excluding hydrogens is 306 g/mol. The molecule has 1 N–H and O–H groups in total. The van der Waals surface area contributed by atoms with Crippen LogP contribution in [-0.4, -0.2) is 39.3 Å². The normalized spacial score (nSPS) is 12.2. The highest BCUT2D eigenvalue weighted by Gasteiger charge is 2.12. The van der Waals surface area contributed by atoms with Gasteiger partial charge in [0.15, 0.2) is 0 Å². The van der Waals surface area contributed by atoms with E-state index < -0.39 is 0 Å². The molecule has 0 aliphatic carbocycles. The fourth-order valence-electron chi connectivity index (χ4n) is 2.41. The van der Waals surface area contributed by atoms with E-state index in [-0.39, 0.29) is 6.10 Å². The minimum atomic E-state index is -0.0233. The second-order valence-corrected chi connectivity index (χ2v) is 5.63. The zero-order valence-electron chi connectivity index (χ0n) is 14.3. The number of nitrogens with one attached hydrogen (secondary N) is 1. The number of aryl methyl sites for hydroxylation is 1. The van der Waals surface area contributed by atoms with Crippen LogP contribution in [-0.2, 0) is 0 Å². The topological polar surface area (TPSA) is 73.6 Å². The van der Waals surface area contributed by atoms with E-state index in [1.165, 1.54) is 6.33 Å². The molecule has 7 heteroatoms. The highest BCUT2D eigenvalue weighted by molar-refractivity contribution is 5.51. The molecule has 1 unspecified atom stereocenters. The van der Waals surface area contributed by atoms with Crippen molar-refractivity contribution in [3.05, 3.63) is 41.9 Å². The highest BCUT2D eigenvalue weighted by Crippen LogP contribution is 2.20. The largest absolute Gasteiger partial charge is 0.497 e. The van der Waals surface area contributed by atoms with Crippen molar-refractivity contribution in [1.29, 1.82) is 0 Å². The molecular formula is C17H21N5O2. The Balaban J connectivity index is 1.68. The Kier molecular flexibility index (Phi) is 4.50. The fourth-order valence-corrected chi connectivity index (χ4v) is 2.41. The summed E-state index contributed by atoms with van der Waals surface area (Å²) in [4.78, 5) is 8.56. The summed E-state index contributed by atoms with van der Waals surface area (Å²) in [6.45, 7) is 6.62. The Labute approximate surface area is 140 Å². The third-order valence-corrected chi connectivity index (χ3v) is 3.86. The summed E-state index contributed by atoms with van der Waals surface area (Å²) >= 11 is 0. The molecule has 0 bridgehead atoms. The molecule has 0 aliphatic heterocycles. The van der Waals surface area contributed by atoms with E-state index in [1.54, 1.807) is 11.6 Å². The minimum Gasteiger partial charge on any atom is -0.497 e. The van der Waals surface area contributed by atoms with Gasteiger partial charge in [-0.15, -0.1) is 0 Å². The zero-order chi connectivity index (χ0) is 17.1. The standard InChI is InChI=1S/C17H21N5O2/c1-11(24-15-7-5-14(23-4)6-8-15)9-18-16-12(2)13(3)21-17-19-10-20-22(16)17/h5-8,10-11,18H,9H2,1-4H3. The summed E-state index contributed by atoms with van der Waals surface area (Å²) in [6.07, 6.45) is 1.48. The molecule has 2 heterocycles. The maximum Gasteiger partial charge on any atom is 0.254 e. The predicted molar refractivity (Wildman–Crippen MR) is 91.8 cm³/mol. The summed E-state index contributed by atoms with van der Waals surface area (Å²) in [7, 11) is 1.65. The van der Waals surface area contributed by atoms with Crippen LogP contribution in [0.4, 0.5) is 5.82 Å². The minimum absolute atomic E-state index is 0.0233. The predicted octanol–water partition coefficient (Wildman–Crippen LogP) is 2.63. The second kappa shape index (κ2) is 6.74. The number of rotatable bonds is 6. The molecule has 0 radical (unpaired) electrons. The van der Waals surface area contributed by atoms with Crippen molar-refractivity contribution in [3.63, 3.8) is 0 Å². The molecule has 0 spiro atoms. The number of fused-ring (bicyclic) bond motifs is 1. The molecule has 0 saturated heterocycles. The Morgan fingerprint density at radius 1 is 1.17 bits per heavy atom. The summed E-state index contributed by atoms with van der Waals surface area (Å²) in [5.74, 6) is 3.09. The van der Waals surface area contributed by atoms with E-state index in [9.17, 15) is 0 Å². The van der Waals surface area contributed by atoms with Gasteiger partial charge in [0.2, 0.25) is 0 Å². The van der Waals surface area contributed by atoms with Crippen molar-refractivity contribution >= 4 is 11.6 Å². The van der Waals surface area contributed by atoms with Gasteiger partial charge in [-0.05, 0) is 45.0 Å². The molecule has 24 heavy (non-hydrogen) atoms. The van der Waals surface area contributed by atoms with Crippen LogP contribution in [0.3, 0.4) is 0 Å². The maximum absolute atomic E-state index is 5.92. The lowest BCUT2D eigenvalue weighted by Gasteiger charge is -2.18. The van der Waals surface area contributed by atoms with E-state index in [0.717, 1.165) is 28.6 Å². The van der Waals surface area contributed by atoms with Crippen LogP contribution in [0.15, 0.2) is 30.6 Å². The van der Waals surface area contributed by atoms with Crippen molar-refractivity contribution in [3.8, 4) is 11.5 Å². The van der Waals surface area contributed by atoms with Crippen LogP contribution in [0.5, 0.6) is 11.5 Å². The van der Waals surface area contributed by atoms with Gasteiger partial charge < -0.3 is 14.8 Å². The Morgan fingerprint density at radius 2 is 1.88 bits per heavy atom. The lowest BCUT2D eigenvalue weighted by molar-refractivity contribution is 0.234. The van der Waals surface area contributed by atoms with Gasteiger partial charge >= 0.3 is 0 Å². The summed E-state index contributed by atoms with van der Waals surface area (Å²) < 4.78 is 12.8. The van der Waals surface area contributed by atoms with E-state index in [4.69, 9.17) is 9.47 Å². The van der Waals surface area contributed by atoms with Crippen molar-refractivity contribution in [1.82, 2.24) is 19.6 Å². The first kappa shape index (κ1) is 16.0. The average molecular weight is 327 g/mol. The van der Waals surface area contributed by atoms with Gasteiger partial charge in [-0.3, -0.25) is 0 Å². The number of benzene rings is 1. The molecule has 3 rings (SSSR count). The fraction of sp³-hybridized carbons (Fsp3) is 0.353. The van der Waals surface area contributed by atoms with Gasteiger partial charge in [-0.2, -0.15) is 14.6 Å². The van der Waals surface area contributed by atoms with Crippen LogP contribution in [0.2, 0.25) is 0 Å². The highest BCUT2D eigenvalue weighted by atomic mass is 16.5. The molecule has 2 aromatic heterocycles. The third-order valence-electron chi connectivity index (χ3n) is 3.86. The number of aromatic nitrogens is 4. The lowest BCUT2D eigenvalue weighted by atomic mass is 10.2. The van der Waals surface area contributed by atoms with Crippen LogP contribution in [0.25, 0.3) is 5.78 Å². The SMILES string of the molecule is COc1ccc(OC(C)CNc2c(C)c(C)nc3ncnn23)cc1. The zero-order valence-corrected chi connectivity index (χ0v) is 14.3. The third kappa shape index (κ3) is 3.24. The van der Waals surface area contributed by atoms with E-state index in [0.29, 0.717) is 12.3 Å². The van der Waals surface area contributed by atoms with Gasteiger partial charge in [0.05, 0.1) is 13.7 Å². The van der Waals surface area contributed by atoms with Gasteiger partial charge in [-0.25, -0.2) is 4.98 Å². The molecule has 1 atom stereocenters. The first-order valence-electron chi connectivity index (χ1n) is 7.80. The van der Waals surface area contributed by atoms with Gasteiger partial charge in [0.1, 0.15) is 29.7 Å². The van der Waals surface area contributed by atoms with Gasteiger partial charge in [0.25, 0.3) is 5.78 Å². The first-order chi connectivity index (χ1) is 11.6. The van der Waals surface area contributed by atoms with Gasteiger partial charge in [0, 0.05) is 11.3 Å². The molecule has 126 valence electrons. The van der Waals surface area contributed by atoms with E-state index in [2.05, 4.69) is 20.4 Å². The monoisotopic (exact) mass is 327 g/mol. The van der Waals surface area contributed by atoms with Gasteiger partial charge in [-0.1, -0.05) is 0 Å². The Hall–Kier alpha value is -2.83. The van der Waals surface area contributed by atoms with Crippen LogP contribution in [0.1, 0.15) is 18.2 Å². The molecule has 0 amide bonds. The van der Waals surface area contributed by atoms with Crippen molar-refractivity contribution < 1.29 is 9.47 Å². The van der Waals surface area contributed by atoms with Crippen LogP contribution >= 0.6 is 0 Å². The maximum atomic E-state index is 5.92. The quantitative estimate of drug-likeness (QED) is 0.750. The van der Waals surface area contributed by atoms with Crippen molar-refractivity contribution in [2.45, 2.75) is 26.9 Å². The number of ether oxygens (including phenoxy) is 2. The van der Waals surface area contributed by atoms with E-state index in [1.807, 2.05) is 45.0 Å². The Morgan fingerprint density at radius 3 is 2.58 bits per heavy atom. The van der Waals surface area contributed by atoms with Crippen molar-refractivity contribution in [2.75, 3.05) is 19.0 Å². The molecule has 7 nitrogen and oxygen atoms in total. The number of hydrogen-bond acceptors (Lipinski definition) is 6. The first-order valence-corrected chi connectivity index (χ1v) is 7.80. The molecule has 0 aliphatic rings. The Bertz CT molecular complexity index is 829. The summed E-state index contributed by atoms with van der Waals surface area (Å²) in [6, 6.07) is 7.55. The molecule has 0 saturated carbocycles. The molecule has 0 fully saturated rings.